The number of hydrogen-bond acceptors (Lipinski definition) is 7. The molecule has 0 spiro atoms. The van der Waals surface area contributed by atoms with Crippen molar-refractivity contribution < 1.29 is 14.3 Å². The third kappa shape index (κ3) is 5.32. The van der Waals surface area contributed by atoms with Crippen LogP contribution in [0.5, 0.6) is 0 Å². The molecule has 7 nitrogen and oxygen atoms in total. The van der Waals surface area contributed by atoms with Gasteiger partial charge in [-0.2, -0.15) is 10.4 Å². The number of fused-ring (bicyclic) bond motifs is 1. The van der Waals surface area contributed by atoms with Gasteiger partial charge in [-0.25, -0.2) is 9.48 Å². The van der Waals surface area contributed by atoms with Crippen LogP contribution in [0.2, 0.25) is 5.15 Å². The highest BCUT2D eigenvalue weighted by Gasteiger charge is 2.28. The van der Waals surface area contributed by atoms with Crippen molar-refractivity contribution in [1.29, 1.82) is 5.26 Å². The quantitative estimate of drug-likeness (QED) is 0.254. The van der Waals surface area contributed by atoms with Crippen molar-refractivity contribution in [3.63, 3.8) is 0 Å². The molecule has 1 aromatic heterocycles. The lowest BCUT2D eigenvalue weighted by Crippen LogP contribution is -2.19. The van der Waals surface area contributed by atoms with Crippen molar-refractivity contribution in [3.8, 4) is 6.07 Å². The van der Waals surface area contributed by atoms with E-state index in [-0.39, 0.29) is 5.57 Å². The average molecular weight is 505 g/mol. The molecule has 1 aliphatic heterocycles. The Balaban J connectivity index is 1.40. The molecule has 3 aromatic rings. The Hall–Kier alpha value is -3.80. The van der Waals surface area contributed by atoms with Gasteiger partial charge in [0.15, 0.2) is 6.61 Å². The summed E-state index contributed by atoms with van der Waals surface area (Å²) in [5.41, 5.74) is 3.15. The highest BCUT2D eigenvalue weighted by atomic mass is 35.5. The first-order chi connectivity index (χ1) is 16.9. The monoisotopic (exact) mass is 504 g/mol. The number of anilines is 1. The molecule has 2 heterocycles. The van der Waals surface area contributed by atoms with Crippen molar-refractivity contribution in [2.24, 2.45) is 0 Å². The Morgan fingerprint density at radius 1 is 1.17 bits per heavy atom. The van der Waals surface area contributed by atoms with Crippen LogP contribution >= 0.6 is 23.4 Å². The fraction of sp³-hybridized carbons (Fsp3) is 0.154. The maximum Gasteiger partial charge on any atom is 0.331 e. The highest BCUT2D eigenvalue weighted by molar-refractivity contribution is 8.03. The summed E-state index contributed by atoms with van der Waals surface area (Å²) in [5.74, 6) is -1.29. The smallest absolute Gasteiger partial charge is 0.331 e. The Kier molecular flexibility index (Phi) is 7.39. The number of carbonyl (C=O) groups is 2. The van der Waals surface area contributed by atoms with Crippen molar-refractivity contribution in [3.05, 3.63) is 93.2 Å². The number of benzene rings is 2. The average Bonchev–Trinajstić information content (AvgIpc) is 3.33. The maximum atomic E-state index is 12.7. The first-order valence-corrected chi connectivity index (χ1v) is 11.9. The van der Waals surface area contributed by atoms with Gasteiger partial charge >= 0.3 is 5.97 Å². The Labute approximate surface area is 212 Å². The molecule has 0 saturated heterocycles. The number of para-hydroxylation sites is 1. The van der Waals surface area contributed by atoms with Crippen molar-refractivity contribution in [2.45, 2.75) is 18.4 Å². The number of aryl methyl sites for hydroxylation is 1. The van der Waals surface area contributed by atoms with E-state index >= 15 is 0 Å². The second-order valence-corrected chi connectivity index (χ2v) is 9.11. The van der Waals surface area contributed by atoms with E-state index in [9.17, 15) is 14.9 Å². The fourth-order valence-corrected chi connectivity index (χ4v) is 5.04. The van der Waals surface area contributed by atoms with Crippen LogP contribution in [0.1, 0.15) is 16.8 Å². The third-order valence-electron chi connectivity index (χ3n) is 5.36. The van der Waals surface area contributed by atoms with E-state index in [0.717, 1.165) is 16.1 Å². The van der Waals surface area contributed by atoms with E-state index in [4.69, 9.17) is 16.3 Å². The van der Waals surface area contributed by atoms with E-state index in [0.29, 0.717) is 28.0 Å². The lowest BCUT2D eigenvalue weighted by atomic mass is 10.2. The summed E-state index contributed by atoms with van der Waals surface area (Å²) in [6.07, 6.45) is 2.71. The molecule has 0 atom stereocenters. The summed E-state index contributed by atoms with van der Waals surface area (Å²) in [6, 6.07) is 19.3. The zero-order valence-electron chi connectivity index (χ0n) is 19.1. The number of aromatic nitrogens is 2. The Morgan fingerprint density at radius 2 is 1.89 bits per heavy atom. The summed E-state index contributed by atoms with van der Waals surface area (Å²) in [5, 5.41) is 14.9. The van der Waals surface area contributed by atoms with Crippen LogP contribution in [0.25, 0.3) is 6.08 Å². The van der Waals surface area contributed by atoms with E-state index < -0.39 is 18.4 Å². The number of ketones is 1. The number of hydrogen-bond donors (Lipinski definition) is 0. The molecule has 0 aliphatic carbocycles. The zero-order valence-corrected chi connectivity index (χ0v) is 20.6. The Bertz CT molecular complexity index is 1390. The zero-order chi connectivity index (χ0) is 24.9. The predicted molar refractivity (Wildman–Crippen MR) is 136 cm³/mol. The molecule has 0 saturated carbocycles. The van der Waals surface area contributed by atoms with E-state index in [1.165, 1.54) is 23.9 Å². The van der Waals surface area contributed by atoms with Crippen LogP contribution in [0.15, 0.2) is 76.2 Å². The third-order valence-corrected chi connectivity index (χ3v) is 6.99. The van der Waals surface area contributed by atoms with Gasteiger partial charge in [0.2, 0.25) is 5.78 Å². The minimum absolute atomic E-state index is 0.0495. The number of nitrogens with zero attached hydrogens (tertiary/aromatic N) is 4. The molecule has 176 valence electrons. The molecule has 9 heteroatoms. The van der Waals surface area contributed by atoms with Crippen molar-refractivity contribution in [1.82, 2.24) is 9.78 Å². The lowest BCUT2D eigenvalue weighted by Gasteiger charge is -2.14. The van der Waals surface area contributed by atoms with Gasteiger partial charge in [-0.15, -0.1) is 0 Å². The first-order valence-electron chi connectivity index (χ1n) is 10.7. The number of Topliss-reactive ketones (excluding diaryl/α,β-unsaturated/α-hetero) is 1. The molecule has 0 unspecified atom stereocenters. The minimum atomic E-state index is -0.720. The molecule has 35 heavy (non-hydrogen) atoms. The number of thioether (sulfide) groups is 1. The number of carbonyl (C=O) groups excluding carboxylic acids is 2. The SMILES string of the molecule is Cc1nn(Cc2ccccc2)c(Cl)c1/C=C/C(=O)OCC(=O)/C(C#N)=C1\Sc2ccccc2N1C. The van der Waals surface area contributed by atoms with E-state index in [1.54, 1.807) is 23.6 Å². The van der Waals surface area contributed by atoms with Gasteiger partial charge in [-0.05, 0) is 30.7 Å². The molecule has 0 N–H and O–H groups in total. The number of halogens is 1. The van der Waals surface area contributed by atoms with Gasteiger partial charge in [-0.3, -0.25) is 4.79 Å². The molecular formula is C26H21ClN4O3S. The molecular weight excluding hydrogens is 484 g/mol. The minimum Gasteiger partial charge on any atom is -0.454 e. The Morgan fingerprint density at radius 3 is 2.60 bits per heavy atom. The summed E-state index contributed by atoms with van der Waals surface area (Å²) in [6.45, 7) is 1.75. The van der Waals surface area contributed by atoms with Gasteiger partial charge in [0, 0.05) is 23.6 Å². The fourth-order valence-electron chi connectivity index (χ4n) is 3.58. The van der Waals surface area contributed by atoms with Gasteiger partial charge in [0.05, 0.1) is 17.9 Å². The van der Waals surface area contributed by atoms with Gasteiger partial charge in [-0.1, -0.05) is 65.8 Å². The predicted octanol–water partition coefficient (Wildman–Crippen LogP) is 5.00. The van der Waals surface area contributed by atoms with Crippen molar-refractivity contribution in [2.75, 3.05) is 18.6 Å². The number of ether oxygens (including phenoxy) is 1. The molecule has 0 bridgehead atoms. The summed E-state index contributed by atoms with van der Waals surface area (Å²) >= 11 is 7.81. The largest absolute Gasteiger partial charge is 0.454 e. The second-order valence-electron chi connectivity index (χ2n) is 7.72. The maximum absolute atomic E-state index is 12.7. The van der Waals surface area contributed by atoms with Crippen molar-refractivity contribution >= 4 is 46.9 Å². The molecule has 2 aromatic carbocycles. The van der Waals surface area contributed by atoms with Gasteiger partial charge in [0.1, 0.15) is 21.8 Å². The van der Waals surface area contributed by atoms with Crippen LogP contribution in [-0.4, -0.2) is 35.2 Å². The van der Waals surface area contributed by atoms with Gasteiger partial charge in [0.25, 0.3) is 0 Å². The van der Waals surface area contributed by atoms with E-state index in [1.807, 2.05) is 60.7 Å². The molecule has 1 aliphatic rings. The topological polar surface area (TPSA) is 88.2 Å². The molecule has 0 amide bonds. The van der Waals surface area contributed by atoms with Crippen LogP contribution < -0.4 is 4.90 Å². The highest BCUT2D eigenvalue weighted by Crippen LogP contribution is 2.46. The van der Waals surface area contributed by atoms with Crippen LogP contribution in [0.4, 0.5) is 5.69 Å². The first kappa shape index (κ1) is 24.3. The second kappa shape index (κ2) is 10.6. The lowest BCUT2D eigenvalue weighted by molar-refractivity contribution is -0.141. The summed E-state index contributed by atoms with van der Waals surface area (Å²) in [4.78, 5) is 27.7. The molecule has 4 rings (SSSR count). The summed E-state index contributed by atoms with van der Waals surface area (Å²) < 4.78 is 6.76. The van der Waals surface area contributed by atoms with Crippen LogP contribution in [0.3, 0.4) is 0 Å². The molecule has 0 radical (unpaired) electrons. The molecule has 0 fully saturated rings. The van der Waals surface area contributed by atoms with E-state index in [2.05, 4.69) is 5.10 Å². The van der Waals surface area contributed by atoms with Crippen LogP contribution in [0, 0.1) is 18.3 Å². The number of nitriles is 1. The number of rotatable bonds is 7. The number of esters is 1. The summed E-state index contributed by atoms with van der Waals surface area (Å²) in [7, 11) is 1.79. The van der Waals surface area contributed by atoms with Gasteiger partial charge < -0.3 is 9.64 Å². The van der Waals surface area contributed by atoms with Crippen LogP contribution in [-0.2, 0) is 20.9 Å². The standard InChI is InChI=1S/C26H21ClN4O3S/c1-17-19(25(27)31(29-17)15-18-8-4-3-5-9-18)12-13-24(33)34-16-22(32)20(14-28)26-30(2)21-10-6-7-11-23(21)35-26/h3-13H,15-16H2,1-2H3/b13-12+,26-20-. The normalized spacial score (nSPS) is 14.1.